The molecule has 0 aromatic carbocycles. The molecule has 1 aromatic heterocycles. The number of hydrogen-bond acceptors (Lipinski definition) is 3. The standard InChI is InChI=1S/C16H24N4O2/c1-2-6-15(21)19-14-8-5-10-20(12-14)16(22)18-11-13-7-3-4-9-17-13/h3-4,7,9,14H,2,5-6,8,10-12H2,1H3,(H,18,22)(H,19,21)/t14-/m0/s1. The Kier molecular flexibility index (Phi) is 6.18. The third kappa shape index (κ3) is 5.02. The van der Waals surface area contributed by atoms with Crippen LogP contribution in [0.5, 0.6) is 0 Å². The SMILES string of the molecule is CCCC(=O)N[C@H]1CCCN(C(=O)NCc2ccccn2)C1. The minimum absolute atomic E-state index is 0.0633. The number of hydrogen-bond donors (Lipinski definition) is 2. The zero-order valence-electron chi connectivity index (χ0n) is 13.0. The molecule has 1 atom stereocenters. The van der Waals surface area contributed by atoms with Crippen LogP contribution in [0.3, 0.4) is 0 Å². The highest BCUT2D eigenvalue weighted by molar-refractivity contribution is 5.77. The van der Waals surface area contributed by atoms with Crippen molar-refractivity contribution >= 4 is 11.9 Å². The zero-order chi connectivity index (χ0) is 15.8. The fourth-order valence-corrected chi connectivity index (χ4v) is 2.59. The normalized spacial score (nSPS) is 17.9. The van der Waals surface area contributed by atoms with Gasteiger partial charge in [0, 0.05) is 31.7 Å². The van der Waals surface area contributed by atoms with Crippen LogP contribution in [-0.4, -0.2) is 41.0 Å². The van der Waals surface area contributed by atoms with Crippen LogP contribution in [0.1, 0.15) is 38.3 Å². The summed E-state index contributed by atoms with van der Waals surface area (Å²) in [7, 11) is 0. The molecule has 2 N–H and O–H groups in total. The lowest BCUT2D eigenvalue weighted by atomic mass is 10.1. The number of pyridine rings is 1. The molecule has 22 heavy (non-hydrogen) atoms. The Labute approximate surface area is 131 Å². The third-order valence-electron chi connectivity index (χ3n) is 3.70. The molecule has 2 heterocycles. The van der Waals surface area contributed by atoms with Crippen LogP contribution in [0.25, 0.3) is 0 Å². The summed E-state index contributed by atoms with van der Waals surface area (Å²) < 4.78 is 0. The predicted molar refractivity (Wildman–Crippen MR) is 84.1 cm³/mol. The Bertz CT molecular complexity index is 492. The van der Waals surface area contributed by atoms with E-state index in [-0.39, 0.29) is 18.0 Å². The van der Waals surface area contributed by atoms with Gasteiger partial charge in [-0.3, -0.25) is 9.78 Å². The number of amides is 3. The Balaban J connectivity index is 1.78. The molecular weight excluding hydrogens is 280 g/mol. The van der Waals surface area contributed by atoms with Gasteiger partial charge < -0.3 is 15.5 Å². The van der Waals surface area contributed by atoms with Crippen molar-refractivity contribution in [3.05, 3.63) is 30.1 Å². The fourth-order valence-electron chi connectivity index (χ4n) is 2.59. The maximum absolute atomic E-state index is 12.2. The molecule has 3 amide bonds. The summed E-state index contributed by atoms with van der Waals surface area (Å²) in [4.78, 5) is 29.8. The summed E-state index contributed by atoms with van der Waals surface area (Å²) in [6, 6.07) is 5.59. The van der Waals surface area contributed by atoms with Gasteiger partial charge in [-0.05, 0) is 31.4 Å². The van der Waals surface area contributed by atoms with E-state index in [1.54, 1.807) is 11.1 Å². The summed E-state index contributed by atoms with van der Waals surface area (Å²) in [6.07, 6.45) is 4.93. The lowest BCUT2D eigenvalue weighted by molar-refractivity contribution is -0.122. The van der Waals surface area contributed by atoms with Gasteiger partial charge in [0.05, 0.1) is 12.2 Å². The number of carbonyl (C=O) groups excluding carboxylic acids is 2. The van der Waals surface area contributed by atoms with Crippen molar-refractivity contribution in [2.24, 2.45) is 0 Å². The summed E-state index contributed by atoms with van der Waals surface area (Å²) >= 11 is 0. The maximum atomic E-state index is 12.2. The highest BCUT2D eigenvalue weighted by atomic mass is 16.2. The molecule has 1 saturated heterocycles. The first-order chi connectivity index (χ1) is 10.7. The van der Waals surface area contributed by atoms with Crippen molar-refractivity contribution in [3.63, 3.8) is 0 Å². The molecular formula is C16H24N4O2. The highest BCUT2D eigenvalue weighted by Gasteiger charge is 2.24. The van der Waals surface area contributed by atoms with Crippen molar-refractivity contribution < 1.29 is 9.59 Å². The Morgan fingerprint density at radius 3 is 3.00 bits per heavy atom. The van der Waals surface area contributed by atoms with E-state index in [0.29, 0.717) is 19.5 Å². The summed E-state index contributed by atoms with van der Waals surface area (Å²) in [5.41, 5.74) is 0.834. The molecule has 120 valence electrons. The van der Waals surface area contributed by atoms with E-state index in [1.165, 1.54) is 0 Å². The van der Waals surface area contributed by atoms with Gasteiger partial charge in [0.2, 0.25) is 5.91 Å². The summed E-state index contributed by atoms with van der Waals surface area (Å²) in [6.45, 7) is 3.71. The maximum Gasteiger partial charge on any atom is 0.317 e. The topological polar surface area (TPSA) is 74.3 Å². The number of rotatable bonds is 5. The average molecular weight is 304 g/mol. The quantitative estimate of drug-likeness (QED) is 0.869. The third-order valence-corrected chi connectivity index (χ3v) is 3.70. The van der Waals surface area contributed by atoms with Crippen LogP contribution in [0.4, 0.5) is 4.79 Å². The lowest BCUT2D eigenvalue weighted by Gasteiger charge is -2.33. The van der Waals surface area contributed by atoms with Crippen LogP contribution in [0, 0.1) is 0 Å². The molecule has 0 bridgehead atoms. The van der Waals surface area contributed by atoms with Gasteiger partial charge in [0.15, 0.2) is 0 Å². The van der Waals surface area contributed by atoms with E-state index < -0.39 is 0 Å². The minimum atomic E-state index is -0.0971. The number of nitrogens with one attached hydrogen (secondary N) is 2. The molecule has 0 saturated carbocycles. The fraction of sp³-hybridized carbons (Fsp3) is 0.562. The van der Waals surface area contributed by atoms with Gasteiger partial charge in [-0.1, -0.05) is 13.0 Å². The van der Waals surface area contributed by atoms with E-state index in [4.69, 9.17) is 0 Å². The van der Waals surface area contributed by atoms with E-state index in [9.17, 15) is 9.59 Å². The molecule has 1 aromatic rings. The average Bonchev–Trinajstić information content (AvgIpc) is 2.54. The minimum Gasteiger partial charge on any atom is -0.352 e. The first-order valence-electron chi connectivity index (χ1n) is 7.91. The molecule has 1 fully saturated rings. The Morgan fingerprint density at radius 2 is 2.27 bits per heavy atom. The van der Waals surface area contributed by atoms with Crippen molar-refractivity contribution in [2.75, 3.05) is 13.1 Å². The van der Waals surface area contributed by atoms with Crippen LogP contribution in [-0.2, 0) is 11.3 Å². The van der Waals surface area contributed by atoms with Crippen molar-refractivity contribution in [3.8, 4) is 0 Å². The molecule has 6 heteroatoms. The second-order valence-electron chi connectivity index (χ2n) is 5.58. The molecule has 0 aliphatic carbocycles. The van der Waals surface area contributed by atoms with Crippen LogP contribution < -0.4 is 10.6 Å². The van der Waals surface area contributed by atoms with Gasteiger partial charge in [-0.25, -0.2) is 4.79 Å². The van der Waals surface area contributed by atoms with Gasteiger partial charge in [-0.15, -0.1) is 0 Å². The van der Waals surface area contributed by atoms with Gasteiger partial charge in [0.1, 0.15) is 0 Å². The smallest absolute Gasteiger partial charge is 0.317 e. The summed E-state index contributed by atoms with van der Waals surface area (Å²) in [5, 5.41) is 5.88. The van der Waals surface area contributed by atoms with E-state index in [2.05, 4.69) is 15.6 Å². The molecule has 1 aliphatic heterocycles. The monoisotopic (exact) mass is 304 g/mol. The second-order valence-corrected chi connectivity index (χ2v) is 5.58. The number of nitrogens with zero attached hydrogens (tertiary/aromatic N) is 2. The van der Waals surface area contributed by atoms with Gasteiger partial charge in [-0.2, -0.15) is 0 Å². The predicted octanol–water partition coefficient (Wildman–Crippen LogP) is 1.67. The zero-order valence-corrected chi connectivity index (χ0v) is 13.0. The summed E-state index contributed by atoms with van der Waals surface area (Å²) in [5.74, 6) is 0.0724. The van der Waals surface area contributed by atoms with Crippen LogP contribution >= 0.6 is 0 Å². The molecule has 6 nitrogen and oxygen atoms in total. The van der Waals surface area contributed by atoms with Crippen LogP contribution in [0.15, 0.2) is 24.4 Å². The number of carbonyl (C=O) groups is 2. The van der Waals surface area contributed by atoms with E-state index >= 15 is 0 Å². The van der Waals surface area contributed by atoms with Gasteiger partial charge >= 0.3 is 6.03 Å². The van der Waals surface area contributed by atoms with Gasteiger partial charge in [0.25, 0.3) is 0 Å². The first-order valence-corrected chi connectivity index (χ1v) is 7.91. The van der Waals surface area contributed by atoms with E-state index in [0.717, 1.165) is 31.5 Å². The second kappa shape index (κ2) is 8.36. The van der Waals surface area contributed by atoms with Crippen LogP contribution in [0.2, 0.25) is 0 Å². The first kappa shape index (κ1) is 16.3. The molecule has 0 spiro atoms. The highest BCUT2D eigenvalue weighted by Crippen LogP contribution is 2.10. The number of likely N-dealkylation sites (tertiary alicyclic amines) is 1. The Morgan fingerprint density at radius 1 is 1.41 bits per heavy atom. The molecule has 1 aliphatic rings. The largest absolute Gasteiger partial charge is 0.352 e. The lowest BCUT2D eigenvalue weighted by Crippen LogP contribution is -2.52. The number of urea groups is 1. The molecule has 2 rings (SSSR count). The molecule has 0 unspecified atom stereocenters. The van der Waals surface area contributed by atoms with Crippen molar-refractivity contribution in [1.82, 2.24) is 20.5 Å². The van der Waals surface area contributed by atoms with Crippen molar-refractivity contribution in [2.45, 2.75) is 45.2 Å². The van der Waals surface area contributed by atoms with Crippen molar-refractivity contribution in [1.29, 1.82) is 0 Å². The Hall–Kier alpha value is -2.11. The number of piperidine rings is 1. The van der Waals surface area contributed by atoms with E-state index in [1.807, 2.05) is 25.1 Å². The molecule has 0 radical (unpaired) electrons. The number of aromatic nitrogens is 1.